The molecular formula is C12H19ClN2O2. The minimum absolute atomic E-state index is 0.0164. The highest BCUT2D eigenvalue weighted by Crippen LogP contribution is 2.20. The average molecular weight is 259 g/mol. The van der Waals surface area contributed by atoms with Gasteiger partial charge in [0.05, 0.1) is 17.8 Å². The molecule has 1 rings (SSSR count). The highest BCUT2D eigenvalue weighted by Gasteiger charge is 2.18. The van der Waals surface area contributed by atoms with Gasteiger partial charge in [-0.2, -0.15) is 5.10 Å². The first-order valence-corrected chi connectivity index (χ1v) is 6.29. The van der Waals surface area contributed by atoms with E-state index in [1.807, 2.05) is 20.8 Å². The van der Waals surface area contributed by atoms with E-state index in [2.05, 4.69) is 5.10 Å². The molecule has 0 atom stereocenters. The van der Waals surface area contributed by atoms with Crippen LogP contribution in [0.15, 0.2) is 6.20 Å². The quantitative estimate of drug-likeness (QED) is 0.558. The van der Waals surface area contributed by atoms with Crippen LogP contribution in [-0.2, 0) is 4.74 Å². The number of halogens is 1. The molecular weight excluding hydrogens is 240 g/mol. The molecule has 0 saturated heterocycles. The summed E-state index contributed by atoms with van der Waals surface area (Å²) in [4.78, 5) is 12.0. The predicted molar refractivity (Wildman–Crippen MR) is 67.7 cm³/mol. The third-order valence-corrected chi connectivity index (χ3v) is 2.60. The van der Waals surface area contributed by atoms with E-state index in [1.165, 1.54) is 6.20 Å². The summed E-state index contributed by atoms with van der Waals surface area (Å²) < 4.78 is 6.96. The summed E-state index contributed by atoms with van der Waals surface area (Å²) in [5.74, 6) is -0.0164. The lowest BCUT2D eigenvalue weighted by molar-refractivity contribution is 0.0867. The molecule has 0 saturated carbocycles. The van der Waals surface area contributed by atoms with Gasteiger partial charge in [-0.3, -0.25) is 9.48 Å². The van der Waals surface area contributed by atoms with Crippen LogP contribution in [0, 0.1) is 0 Å². The number of hydrogen-bond donors (Lipinski definition) is 0. The van der Waals surface area contributed by atoms with Gasteiger partial charge in [-0.05, 0) is 20.3 Å². The zero-order valence-electron chi connectivity index (χ0n) is 10.6. The van der Waals surface area contributed by atoms with Crippen LogP contribution in [-0.4, -0.2) is 28.8 Å². The maximum atomic E-state index is 12.0. The molecule has 1 heterocycles. The molecule has 0 radical (unpaired) electrons. The van der Waals surface area contributed by atoms with Gasteiger partial charge < -0.3 is 4.74 Å². The monoisotopic (exact) mass is 258 g/mol. The second-order valence-electron chi connectivity index (χ2n) is 4.16. The van der Waals surface area contributed by atoms with Gasteiger partial charge in [-0.15, -0.1) is 0 Å². The van der Waals surface area contributed by atoms with Crippen molar-refractivity contribution in [3.05, 3.63) is 16.9 Å². The Morgan fingerprint density at radius 2 is 2.24 bits per heavy atom. The van der Waals surface area contributed by atoms with Gasteiger partial charge >= 0.3 is 0 Å². The number of ether oxygens (including phenoxy) is 1. The second kappa shape index (κ2) is 6.77. The Hall–Kier alpha value is -0.870. The van der Waals surface area contributed by atoms with E-state index >= 15 is 0 Å². The van der Waals surface area contributed by atoms with Crippen molar-refractivity contribution in [2.45, 2.75) is 39.7 Å². The van der Waals surface area contributed by atoms with Crippen molar-refractivity contribution in [3.63, 3.8) is 0 Å². The maximum absolute atomic E-state index is 12.0. The highest BCUT2D eigenvalue weighted by molar-refractivity contribution is 6.33. The fourth-order valence-electron chi connectivity index (χ4n) is 1.52. The van der Waals surface area contributed by atoms with Gasteiger partial charge in [-0.1, -0.05) is 18.5 Å². The summed E-state index contributed by atoms with van der Waals surface area (Å²) in [6.07, 6.45) is 2.82. The number of hydrogen-bond acceptors (Lipinski definition) is 3. The number of nitrogens with zero attached hydrogens (tertiary/aromatic N) is 2. The maximum Gasteiger partial charge on any atom is 0.184 e. The van der Waals surface area contributed by atoms with E-state index in [0.717, 1.165) is 6.42 Å². The average Bonchev–Trinajstić information content (AvgIpc) is 2.66. The topological polar surface area (TPSA) is 44.1 Å². The van der Waals surface area contributed by atoms with Crippen molar-refractivity contribution in [1.82, 2.24) is 9.78 Å². The van der Waals surface area contributed by atoms with Gasteiger partial charge in [0, 0.05) is 19.1 Å². The minimum atomic E-state index is -0.0164. The number of carbonyl (C=O) groups excluding carboxylic acids is 1. The molecule has 1 aromatic heterocycles. The molecule has 1 aromatic rings. The van der Waals surface area contributed by atoms with Crippen LogP contribution < -0.4 is 0 Å². The van der Waals surface area contributed by atoms with E-state index in [0.29, 0.717) is 30.4 Å². The predicted octanol–water partition coefficient (Wildman–Crippen LogP) is 3.12. The molecule has 96 valence electrons. The first-order valence-electron chi connectivity index (χ1n) is 5.91. The SMILES string of the molecule is CCCOCCC(=O)c1c(Cl)cnn1C(C)C. The number of aromatic nitrogens is 2. The molecule has 0 amide bonds. The van der Waals surface area contributed by atoms with Crippen LogP contribution in [0.4, 0.5) is 0 Å². The Kier molecular flexibility index (Phi) is 5.65. The van der Waals surface area contributed by atoms with Crippen molar-refractivity contribution in [3.8, 4) is 0 Å². The molecule has 0 unspecified atom stereocenters. The summed E-state index contributed by atoms with van der Waals surface area (Å²) in [5.41, 5.74) is 0.488. The molecule has 0 aliphatic heterocycles. The van der Waals surface area contributed by atoms with Crippen LogP contribution in [0.1, 0.15) is 50.1 Å². The van der Waals surface area contributed by atoms with Crippen molar-refractivity contribution in [2.75, 3.05) is 13.2 Å². The summed E-state index contributed by atoms with van der Waals surface area (Å²) in [7, 11) is 0. The molecule has 0 spiro atoms. The van der Waals surface area contributed by atoms with Crippen LogP contribution in [0.25, 0.3) is 0 Å². The lowest BCUT2D eigenvalue weighted by Gasteiger charge is -2.10. The summed E-state index contributed by atoms with van der Waals surface area (Å²) in [5, 5.41) is 4.52. The third kappa shape index (κ3) is 3.82. The van der Waals surface area contributed by atoms with E-state index in [9.17, 15) is 4.79 Å². The summed E-state index contributed by atoms with van der Waals surface area (Å²) in [6.45, 7) is 7.09. The molecule has 0 aliphatic rings. The Bertz CT molecular complexity index is 375. The number of rotatable bonds is 7. The van der Waals surface area contributed by atoms with E-state index in [-0.39, 0.29) is 11.8 Å². The van der Waals surface area contributed by atoms with E-state index in [1.54, 1.807) is 4.68 Å². The molecule has 0 aromatic carbocycles. The van der Waals surface area contributed by atoms with Crippen molar-refractivity contribution < 1.29 is 9.53 Å². The van der Waals surface area contributed by atoms with Crippen LogP contribution in [0.5, 0.6) is 0 Å². The van der Waals surface area contributed by atoms with Crippen LogP contribution in [0.2, 0.25) is 5.02 Å². The zero-order valence-corrected chi connectivity index (χ0v) is 11.3. The molecule has 0 fully saturated rings. The van der Waals surface area contributed by atoms with Crippen molar-refractivity contribution in [1.29, 1.82) is 0 Å². The summed E-state index contributed by atoms with van der Waals surface area (Å²) in [6, 6.07) is 0.123. The first-order chi connectivity index (χ1) is 8.07. The van der Waals surface area contributed by atoms with Gasteiger partial charge in [0.1, 0.15) is 5.69 Å². The molecule has 17 heavy (non-hydrogen) atoms. The van der Waals surface area contributed by atoms with Gasteiger partial charge in [0.15, 0.2) is 5.78 Å². The normalized spacial score (nSPS) is 11.1. The fourth-order valence-corrected chi connectivity index (χ4v) is 1.76. The fraction of sp³-hybridized carbons (Fsp3) is 0.667. The van der Waals surface area contributed by atoms with Gasteiger partial charge in [0.25, 0.3) is 0 Å². The Balaban J connectivity index is 2.65. The second-order valence-corrected chi connectivity index (χ2v) is 4.57. The standard InChI is InChI=1S/C12H19ClN2O2/c1-4-6-17-7-5-11(16)12-10(13)8-14-15(12)9(2)3/h8-9H,4-7H2,1-3H3. The van der Waals surface area contributed by atoms with E-state index < -0.39 is 0 Å². The van der Waals surface area contributed by atoms with Crippen LogP contribution in [0.3, 0.4) is 0 Å². The minimum Gasteiger partial charge on any atom is -0.381 e. The Morgan fingerprint density at radius 3 is 2.82 bits per heavy atom. The van der Waals surface area contributed by atoms with Gasteiger partial charge in [-0.25, -0.2) is 0 Å². The molecule has 0 aliphatic carbocycles. The summed E-state index contributed by atoms with van der Waals surface area (Å²) >= 11 is 5.98. The number of carbonyl (C=O) groups is 1. The Labute approximate surface area is 107 Å². The number of ketones is 1. The van der Waals surface area contributed by atoms with Crippen LogP contribution >= 0.6 is 11.6 Å². The highest BCUT2D eigenvalue weighted by atomic mass is 35.5. The molecule has 0 N–H and O–H groups in total. The van der Waals surface area contributed by atoms with E-state index in [4.69, 9.17) is 16.3 Å². The van der Waals surface area contributed by atoms with Gasteiger partial charge in [0.2, 0.25) is 0 Å². The first kappa shape index (κ1) is 14.2. The van der Waals surface area contributed by atoms with Crippen molar-refractivity contribution >= 4 is 17.4 Å². The molecule has 5 heteroatoms. The molecule has 4 nitrogen and oxygen atoms in total. The molecule has 0 bridgehead atoms. The Morgan fingerprint density at radius 1 is 1.53 bits per heavy atom. The lowest BCUT2D eigenvalue weighted by atomic mass is 10.2. The lowest BCUT2D eigenvalue weighted by Crippen LogP contribution is -2.14. The smallest absolute Gasteiger partial charge is 0.184 e. The number of Topliss-reactive ketones (excluding diaryl/α,β-unsaturated/α-hetero) is 1. The largest absolute Gasteiger partial charge is 0.381 e. The zero-order chi connectivity index (χ0) is 12.8. The van der Waals surface area contributed by atoms with Crippen molar-refractivity contribution in [2.24, 2.45) is 0 Å². The third-order valence-electron chi connectivity index (χ3n) is 2.33.